The third-order valence-corrected chi connectivity index (χ3v) is 4.72. The second-order valence-corrected chi connectivity index (χ2v) is 6.44. The summed E-state index contributed by atoms with van der Waals surface area (Å²) in [4.78, 5) is 13.9. The van der Waals surface area contributed by atoms with Crippen LogP contribution in [-0.4, -0.2) is 43.8 Å². The number of alkyl halides is 3. The van der Waals surface area contributed by atoms with E-state index in [9.17, 15) is 23.1 Å². The molecular formula is C17H19F3N4O2. The number of carbonyl (C=O) groups excluding carboxylic acids is 1. The van der Waals surface area contributed by atoms with Crippen molar-refractivity contribution in [3.63, 3.8) is 0 Å². The van der Waals surface area contributed by atoms with E-state index in [1.54, 1.807) is 9.47 Å². The van der Waals surface area contributed by atoms with E-state index in [0.29, 0.717) is 19.6 Å². The summed E-state index contributed by atoms with van der Waals surface area (Å²) in [6, 6.07) is 4.77. The fourth-order valence-corrected chi connectivity index (χ4v) is 3.12. The van der Waals surface area contributed by atoms with Crippen LogP contribution < -0.4 is 0 Å². The van der Waals surface area contributed by atoms with Gasteiger partial charge in [-0.3, -0.25) is 4.79 Å². The lowest BCUT2D eigenvalue weighted by Crippen LogP contribution is -2.45. The van der Waals surface area contributed by atoms with Crippen molar-refractivity contribution in [2.45, 2.75) is 37.6 Å². The minimum atomic E-state index is -4.45. The highest BCUT2D eigenvalue weighted by Crippen LogP contribution is 2.36. The van der Waals surface area contributed by atoms with E-state index in [1.807, 2.05) is 0 Å². The summed E-state index contributed by atoms with van der Waals surface area (Å²) in [5, 5.41) is 18.1. The Hall–Kier alpha value is -2.42. The molecule has 1 N–H and O–H groups in total. The Kier molecular flexibility index (Phi) is 4.99. The van der Waals surface area contributed by atoms with Gasteiger partial charge in [-0.2, -0.15) is 13.2 Å². The van der Waals surface area contributed by atoms with Gasteiger partial charge in [0.2, 0.25) is 5.91 Å². The molecule has 3 rings (SSSR count). The molecule has 26 heavy (non-hydrogen) atoms. The molecule has 1 aliphatic heterocycles. The molecule has 9 heteroatoms. The van der Waals surface area contributed by atoms with Crippen molar-refractivity contribution < 1.29 is 23.1 Å². The first-order valence-electron chi connectivity index (χ1n) is 8.28. The van der Waals surface area contributed by atoms with Crippen molar-refractivity contribution in [3.05, 3.63) is 48.0 Å². The van der Waals surface area contributed by atoms with Crippen molar-refractivity contribution in [1.29, 1.82) is 0 Å². The summed E-state index contributed by atoms with van der Waals surface area (Å²) in [6.45, 7) is 1.06. The summed E-state index contributed by atoms with van der Waals surface area (Å²) in [5.74, 6) is -0.0650. The molecule has 6 nitrogen and oxygen atoms in total. The standard InChI is InChI=1S/C17H19F3N4O2/c18-17(19,20)14-3-1-2-13(10-14)16(26)5-8-24(9-6-16)15(25)4-7-23-11-21-22-12-23/h1-3,10-12,26H,4-9H2. The second kappa shape index (κ2) is 7.06. The highest BCUT2D eigenvalue weighted by molar-refractivity contribution is 5.76. The molecular weight excluding hydrogens is 349 g/mol. The first-order valence-corrected chi connectivity index (χ1v) is 8.28. The van der Waals surface area contributed by atoms with Crippen molar-refractivity contribution in [3.8, 4) is 0 Å². The summed E-state index contributed by atoms with van der Waals surface area (Å²) in [6.07, 6.45) is -0.726. The molecule has 2 aromatic rings. The topological polar surface area (TPSA) is 71.2 Å². The minimum absolute atomic E-state index is 0.0650. The maximum absolute atomic E-state index is 12.9. The third kappa shape index (κ3) is 4.04. The van der Waals surface area contributed by atoms with Crippen LogP contribution in [0.3, 0.4) is 0 Å². The van der Waals surface area contributed by atoms with Crippen LogP contribution >= 0.6 is 0 Å². The Morgan fingerprint density at radius 2 is 1.85 bits per heavy atom. The zero-order valence-corrected chi connectivity index (χ0v) is 14.0. The van der Waals surface area contributed by atoms with E-state index < -0.39 is 17.3 Å². The fourth-order valence-electron chi connectivity index (χ4n) is 3.12. The van der Waals surface area contributed by atoms with Crippen LogP contribution in [-0.2, 0) is 23.1 Å². The average Bonchev–Trinajstić information content (AvgIpc) is 3.13. The van der Waals surface area contributed by atoms with Gasteiger partial charge in [-0.05, 0) is 30.5 Å². The van der Waals surface area contributed by atoms with Crippen LogP contribution in [0, 0.1) is 0 Å². The van der Waals surface area contributed by atoms with Gasteiger partial charge in [0.05, 0.1) is 11.2 Å². The predicted octanol–water partition coefficient (Wildman–Crippen LogP) is 2.20. The molecule has 1 fully saturated rings. The molecule has 0 aliphatic carbocycles. The van der Waals surface area contributed by atoms with E-state index >= 15 is 0 Å². The number of aryl methyl sites for hydroxylation is 1. The summed E-state index contributed by atoms with van der Waals surface area (Å²) < 4.78 is 40.3. The number of hydrogen-bond acceptors (Lipinski definition) is 4. The lowest BCUT2D eigenvalue weighted by atomic mass is 9.83. The number of aliphatic hydroxyl groups is 1. The number of halogens is 3. The summed E-state index contributed by atoms with van der Waals surface area (Å²) >= 11 is 0. The fraction of sp³-hybridized carbons (Fsp3) is 0.471. The van der Waals surface area contributed by atoms with Crippen molar-refractivity contribution in [2.24, 2.45) is 0 Å². The minimum Gasteiger partial charge on any atom is -0.385 e. The van der Waals surface area contributed by atoms with Crippen molar-refractivity contribution in [1.82, 2.24) is 19.7 Å². The van der Waals surface area contributed by atoms with E-state index in [1.165, 1.54) is 24.8 Å². The predicted molar refractivity (Wildman–Crippen MR) is 85.8 cm³/mol. The van der Waals surface area contributed by atoms with Crippen molar-refractivity contribution >= 4 is 5.91 Å². The van der Waals surface area contributed by atoms with Crippen LogP contribution in [0.2, 0.25) is 0 Å². The highest BCUT2D eigenvalue weighted by Gasteiger charge is 2.37. The molecule has 0 atom stereocenters. The van der Waals surface area contributed by atoms with E-state index in [2.05, 4.69) is 10.2 Å². The summed E-state index contributed by atoms with van der Waals surface area (Å²) in [5.41, 5.74) is -1.90. The highest BCUT2D eigenvalue weighted by atomic mass is 19.4. The normalized spacial score (nSPS) is 17.3. The third-order valence-electron chi connectivity index (χ3n) is 4.72. The van der Waals surface area contributed by atoms with Gasteiger partial charge in [-0.15, -0.1) is 10.2 Å². The number of likely N-dealkylation sites (tertiary alicyclic amines) is 1. The molecule has 0 radical (unpaired) electrons. The Labute approximate surface area is 148 Å². The van der Waals surface area contributed by atoms with Gasteiger partial charge in [0, 0.05) is 26.1 Å². The van der Waals surface area contributed by atoms with Gasteiger partial charge < -0.3 is 14.6 Å². The van der Waals surface area contributed by atoms with Crippen LogP contribution in [0.4, 0.5) is 13.2 Å². The van der Waals surface area contributed by atoms with Crippen LogP contribution in [0.25, 0.3) is 0 Å². The van der Waals surface area contributed by atoms with E-state index in [0.717, 1.165) is 12.1 Å². The number of amides is 1. The number of carbonyl (C=O) groups is 1. The number of benzene rings is 1. The zero-order chi connectivity index (χ0) is 18.8. The van der Waals surface area contributed by atoms with E-state index in [-0.39, 0.29) is 30.7 Å². The van der Waals surface area contributed by atoms with Gasteiger partial charge in [-0.1, -0.05) is 12.1 Å². The zero-order valence-electron chi connectivity index (χ0n) is 14.0. The van der Waals surface area contributed by atoms with E-state index in [4.69, 9.17) is 0 Å². The van der Waals surface area contributed by atoms with Crippen LogP contribution in [0.1, 0.15) is 30.4 Å². The molecule has 0 bridgehead atoms. The number of nitrogens with zero attached hydrogens (tertiary/aromatic N) is 4. The molecule has 0 unspecified atom stereocenters. The molecule has 2 heterocycles. The second-order valence-electron chi connectivity index (χ2n) is 6.44. The summed E-state index contributed by atoms with van der Waals surface area (Å²) in [7, 11) is 0. The number of piperidine rings is 1. The van der Waals surface area contributed by atoms with Gasteiger partial charge in [-0.25, -0.2) is 0 Å². The maximum Gasteiger partial charge on any atom is 0.416 e. The van der Waals surface area contributed by atoms with Gasteiger partial charge >= 0.3 is 6.18 Å². The van der Waals surface area contributed by atoms with Gasteiger partial charge in [0.15, 0.2) is 0 Å². The maximum atomic E-state index is 12.9. The van der Waals surface area contributed by atoms with Gasteiger partial charge in [0.1, 0.15) is 12.7 Å². The molecule has 1 aliphatic rings. The molecule has 1 aromatic carbocycles. The Balaban J connectivity index is 1.61. The molecule has 1 saturated heterocycles. The lowest BCUT2D eigenvalue weighted by molar-refractivity contribution is -0.137. The van der Waals surface area contributed by atoms with Crippen LogP contribution in [0.15, 0.2) is 36.9 Å². The quantitative estimate of drug-likeness (QED) is 0.898. The first-order chi connectivity index (χ1) is 12.3. The van der Waals surface area contributed by atoms with Gasteiger partial charge in [0.25, 0.3) is 0 Å². The molecule has 0 spiro atoms. The molecule has 140 valence electrons. The monoisotopic (exact) mass is 368 g/mol. The largest absolute Gasteiger partial charge is 0.416 e. The lowest BCUT2D eigenvalue weighted by Gasteiger charge is -2.38. The van der Waals surface area contributed by atoms with Crippen LogP contribution in [0.5, 0.6) is 0 Å². The SMILES string of the molecule is O=C(CCn1cnnc1)N1CCC(O)(c2cccc(C(F)(F)F)c2)CC1. The Bertz CT molecular complexity index is 754. The number of rotatable bonds is 4. The number of aromatic nitrogens is 3. The molecule has 1 amide bonds. The smallest absolute Gasteiger partial charge is 0.385 e. The number of hydrogen-bond donors (Lipinski definition) is 1. The van der Waals surface area contributed by atoms with Crippen molar-refractivity contribution in [2.75, 3.05) is 13.1 Å². The average molecular weight is 368 g/mol. The molecule has 1 aromatic heterocycles. The Morgan fingerprint density at radius 3 is 2.46 bits per heavy atom. The molecule has 0 saturated carbocycles. The first kappa shape index (κ1) is 18.4. The Morgan fingerprint density at radius 1 is 1.19 bits per heavy atom.